The number of hydrogen-bond donors (Lipinski definition) is 1. The molecule has 0 heterocycles. The zero-order valence-electron chi connectivity index (χ0n) is 17.9. The van der Waals surface area contributed by atoms with Gasteiger partial charge < -0.3 is 14.8 Å². The molecule has 0 unspecified atom stereocenters. The van der Waals surface area contributed by atoms with Crippen LogP contribution in [0.25, 0.3) is 6.08 Å². The molecule has 0 aromatic heterocycles. The number of nitriles is 1. The second-order valence-electron chi connectivity index (χ2n) is 6.89. The van der Waals surface area contributed by atoms with Gasteiger partial charge in [0.05, 0.1) is 22.3 Å². The van der Waals surface area contributed by atoms with E-state index in [1.54, 1.807) is 36.4 Å². The van der Waals surface area contributed by atoms with E-state index in [-0.39, 0.29) is 17.9 Å². The summed E-state index contributed by atoms with van der Waals surface area (Å²) < 4.78 is 26.0. The summed E-state index contributed by atoms with van der Waals surface area (Å²) in [5.41, 5.74) is 1.09. The number of ether oxygens (including phenoxy) is 2. The third kappa shape index (κ3) is 6.51. The maximum Gasteiger partial charge on any atom is 0.266 e. The Morgan fingerprint density at radius 2 is 1.85 bits per heavy atom. The molecule has 3 rings (SSSR count). The van der Waals surface area contributed by atoms with Crippen LogP contribution in [0.5, 0.6) is 11.5 Å². The summed E-state index contributed by atoms with van der Waals surface area (Å²) in [5, 5.41) is 12.8. The highest BCUT2D eigenvalue weighted by Crippen LogP contribution is 2.36. The largest absolute Gasteiger partial charge is 0.490 e. The van der Waals surface area contributed by atoms with E-state index in [4.69, 9.17) is 32.7 Å². The number of hydrogen-bond acceptors (Lipinski definition) is 4. The Labute approximate surface area is 214 Å². The first-order valence-electron chi connectivity index (χ1n) is 10.0. The number of amides is 1. The highest BCUT2D eigenvalue weighted by atomic mass is 79.9. The molecule has 174 valence electrons. The molecule has 5 nitrogen and oxygen atoms in total. The summed E-state index contributed by atoms with van der Waals surface area (Å²) in [6.07, 6.45) is 1.38. The Hall–Kier alpha value is -3.05. The summed E-state index contributed by atoms with van der Waals surface area (Å²) in [6, 6.07) is 16.1. The number of nitrogens with one attached hydrogen (secondary N) is 1. The maximum atomic E-state index is 13.9. The summed E-state index contributed by atoms with van der Waals surface area (Å²) in [6.45, 7) is 2.41. The van der Waals surface area contributed by atoms with E-state index >= 15 is 0 Å². The second kappa shape index (κ2) is 11.9. The Morgan fingerprint density at radius 1 is 1.12 bits per heavy atom. The minimum absolute atomic E-state index is 0.0197. The van der Waals surface area contributed by atoms with Gasteiger partial charge in [-0.05, 0) is 60.5 Å². The fourth-order valence-electron chi connectivity index (χ4n) is 2.89. The van der Waals surface area contributed by atoms with Gasteiger partial charge in [-0.15, -0.1) is 0 Å². The molecule has 0 saturated carbocycles. The zero-order chi connectivity index (χ0) is 24.7. The molecule has 3 aromatic carbocycles. The topological polar surface area (TPSA) is 71.3 Å². The van der Waals surface area contributed by atoms with Crippen molar-refractivity contribution in [3.63, 3.8) is 0 Å². The van der Waals surface area contributed by atoms with Gasteiger partial charge in [-0.25, -0.2) is 4.39 Å². The van der Waals surface area contributed by atoms with Crippen molar-refractivity contribution < 1.29 is 18.7 Å². The zero-order valence-corrected chi connectivity index (χ0v) is 21.0. The van der Waals surface area contributed by atoms with Crippen molar-refractivity contribution in [2.24, 2.45) is 0 Å². The molecule has 0 atom stereocenters. The number of benzene rings is 3. The van der Waals surface area contributed by atoms with Crippen LogP contribution in [0.4, 0.5) is 10.1 Å². The van der Waals surface area contributed by atoms with E-state index in [9.17, 15) is 14.4 Å². The lowest BCUT2D eigenvalue weighted by Crippen LogP contribution is -2.14. The van der Waals surface area contributed by atoms with Gasteiger partial charge in [0, 0.05) is 4.47 Å². The fraction of sp³-hybridized carbons (Fsp3) is 0.120. The Kier molecular flexibility index (Phi) is 8.94. The van der Waals surface area contributed by atoms with E-state index in [0.29, 0.717) is 38.2 Å². The van der Waals surface area contributed by atoms with Crippen LogP contribution in [0.15, 0.2) is 64.6 Å². The van der Waals surface area contributed by atoms with Gasteiger partial charge in [0.2, 0.25) is 0 Å². The van der Waals surface area contributed by atoms with Crippen LogP contribution >= 0.6 is 39.1 Å². The van der Waals surface area contributed by atoms with E-state index in [1.165, 1.54) is 24.3 Å². The Balaban J connectivity index is 1.86. The van der Waals surface area contributed by atoms with Crippen LogP contribution in [0, 0.1) is 17.1 Å². The predicted octanol–water partition coefficient (Wildman–Crippen LogP) is 7.42. The predicted molar refractivity (Wildman–Crippen MR) is 135 cm³/mol. The quantitative estimate of drug-likeness (QED) is 0.229. The van der Waals surface area contributed by atoms with Gasteiger partial charge in [0.15, 0.2) is 11.5 Å². The lowest BCUT2D eigenvalue weighted by Gasteiger charge is -2.14. The third-order valence-corrected chi connectivity index (χ3v) is 5.95. The highest BCUT2D eigenvalue weighted by Gasteiger charge is 2.15. The van der Waals surface area contributed by atoms with Crippen LogP contribution in [0.2, 0.25) is 10.0 Å². The molecule has 0 aliphatic heterocycles. The van der Waals surface area contributed by atoms with Crippen molar-refractivity contribution in [1.82, 2.24) is 0 Å². The number of carbonyl (C=O) groups excluding carboxylic acids is 1. The van der Waals surface area contributed by atoms with Crippen molar-refractivity contribution in [2.75, 3.05) is 11.9 Å². The molecule has 1 N–H and O–H groups in total. The molecule has 9 heteroatoms. The monoisotopic (exact) mass is 562 g/mol. The normalized spacial score (nSPS) is 11.0. The standard InChI is InChI=1S/C25H18BrCl2FN2O3/c1-2-33-23-11-16(10-17(13-30)25(32)31-22-6-4-3-5-21(22)29)18(26)12-24(23)34-14-15-7-8-19(27)20(28)9-15/h3-12H,2,14H2,1H3,(H,31,32)/b17-10-. The van der Waals surface area contributed by atoms with E-state index < -0.39 is 11.7 Å². The second-order valence-corrected chi connectivity index (χ2v) is 8.56. The average Bonchev–Trinajstić information content (AvgIpc) is 2.81. The SMILES string of the molecule is CCOc1cc(/C=C(/C#N)C(=O)Nc2ccccc2F)c(Br)cc1OCc1ccc(Cl)c(Cl)c1. The molecule has 0 aliphatic carbocycles. The van der Waals surface area contributed by atoms with Gasteiger partial charge in [0.1, 0.15) is 24.1 Å². The van der Waals surface area contributed by atoms with Crippen LogP contribution in [0.1, 0.15) is 18.1 Å². The van der Waals surface area contributed by atoms with Crippen molar-refractivity contribution in [1.29, 1.82) is 5.26 Å². The molecule has 34 heavy (non-hydrogen) atoms. The van der Waals surface area contributed by atoms with Gasteiger partial charge in [-0.1, -0.05) is 57.3 Å². The van der Waals surface area contributed by atoms with E-state index in [1.807, 2.05) is 13.0 Å². The van der Waals surface area contributed by atoms with Crippen molar-refractivity contribution in [3.8, 4) is 17.6 Å². The molecule has 0 spiro atoms. The maximum absolute atomic E-state index is 13.9. The summed E-state index contributed by atoms with van der Waals surface area (Å²) in [5.74, 6) is -0.469. The highest BCUT2D eigenvalue weighted by molar-refractivity contribution is 9.10. The number of nitrogens with zero attached hydrogens (tertiary/aromatic N) is 1. The minimum Gasteiger partial charge on any atom is -0.490 e. The van der Waals surface area contributed by atoms with Crippen LogP contribution in [-0.4, -0.2) is 12.5 Å². The molecule has 0 aliphatic rings. The van der Waals surface area contributed by atoms with Gasteiger partial charge in [-0.3, -0.25) is 4.79 Å². The average molecular weight is 564 g/mol. The number of para-hydroxylation sites is 1. The molecular weight excluding hydrogens is 546 g/mol. The number of carbonyl (C=O) groups is 1. The molecule has 0 fully saturated rings. The molecule has 0 saturated heterocycles. The van der Waals surface area contributed by atoms with Gasteiger partial charge in [0.25, 0.3) is 5.91 Å². The molecule has 0 bridgehead atoms. The lowest BCUT2D eigenvalue weighted by atomic mass is 10.1. The van der Waals surface area contributed by atoms with Crippen molar-refractivity contribution in [2.45, 2.75) is 13.5 Å². The molecule has 3 aromatic rings. The van der Waals surface area contributed by atoms with E-state index in [2.05, 4.69) is 21.2 Å². The fourth-order valence-corrected chi connectivity index (χ4v) is 3.65. The number of anilines is 1. The van der Waals surface area contributed by atoms with E-state index in [0.717, 1.165) is 5.56 Å². The smallest absolute Gasteiger partial charge is 0.266 e. The van der Waals surface area contributed by atoms with Crippen molar-refractivity contribution >= 4 is 56.8 Å². The number of halogens is 4. The number of rotatable bonds is 8. The van der Waals surface area contributed by atoms with Crippen LogP contribution < -0.4 is 14.8 Å². The lowest BCUT2D eigenvalue weighted by molar-refractivity contribution is -0.112. The first-order chi connectivity index (χ1) is 16.3. The summed E-state index contributed by atoms with van der Waals surface area (Å²) >= 11 is 15.5. The van der Waals surface area contributed by atoms with Crippen molar-refractivity contribution in [3.05, 3.63) is 91.6 Å². The molecule has 0 radical (unpaired) electrons. The third-order valence-electron chi connectivity index (χ3n) is 4.53. The summed E-state index contributed by atoms with van der Waals surface area (Å²) in [7, 11) is 0. The molecule has 1 amide bonds. The molecular formula is C25H18BrCl2FN2O3. The van der Waals surface area contributed by atoms with Gasteiger partial charge in [-0.2, -0.15) is 5.26 Å². The Morgan fingerprint density at radius 3 is 2.53 bits per heavy atom. The first kappa shape index (κ1) is 25.6. The minimum atomic E-state index is -0.739. The Bertz CT molecular complexity index is 1290. The first-order valence-corrected chi connectivity index (χ1v) is 11.6. The van der Waals surface area contributed by atoms with Crippen LogP contribution in [-0.2, 0) is 11.4 Å². The van der Waals surface area contributed by atoms with Crippen LogP contribution in [0.3, 0.4) is 0 Å². The van der Waals surface area contributed by atoms with Gasteiger partial charge >= 0.3 is 0 Å². The summed E-state index contributed by atoms with van der Waals surface area (Å²) in [4.78, 5) is 12.5.